The van der Waals surface area contributed by atoms with Gasteiger partial charge in [-0.15, -0.1) is 0 Å². The largest absolute Gasteiger partial charge is 0.305 e. The third-order valence-corrected chi connectivity index (χ3v) is 4.48. The van der Waals surface area contributed by atoms with E-state index in [2.05, 4.69) is 40.8 Å². The van der Waals surface area contributed by atoms with Crippen LogP contribution in [0.25, 0.3) is 11.1 Å². The zero-order valence-electron chi connectivity index (χ0n) is 13.8. The van der Waals surface area contributed by atoms with E-state index < -0.39 is 0 Å². The molecule has 3 aromatic carbocycles. The Kier molecular flexibility index (Phi) is 4.21. The van der Waals surface area contributed by atoms with Crippen LogP contribution in [-0.4, -0.2) is 6.04 Å². The summed E-state index contributed by atoms with van der Waals surface area (Å²) in [7, 11) is 0. The summed E-state index contributed by atoms with van der Waals surface area (Å²) in [6.45, 7) is 0. The molecule has 25 heavy (non-hydrogen) atoms. The highest BCUT2D eigenvalue weighted by Crippen LogP contribution is 2.34. The van der Waals surface area contributed by atoms with Gasteiger partial charge < -0.3 is 5.43 Å². The fourth-order valence-electron chi connectivity index (χ4n) is 3.27. The number of hydrogen-bond donors (Lipinski definition) is 1. The van der Waals surface area contributed by atoms with Crippen molar-refractivity contribution in [3.8, 4) is 11.1 Å². The fraction of sp³-hybridized carbons (Fsp3) is 0.0909. The zero-order chi connectivity index (χ0) is 17.1. The highest BCUT2D eigenvalue weighted by atomic mass is 19.1. The van der Waals surface area contributed by atoms with Gasteiger partial charge in [-0.05, 0) is 30.2 Å². The molecule has 0 fully saturated rings. The third kappa shape index (κ3) is 3.13. The lowest BCUT2D eigenvalue weighted by atomic mass is 10.0. The summed E-state index contributed by atoms with van der Waals surface area (Å²) >= 11 is 0. The van der Waals surface area contributed by atoms with E-state index in [1.54, 1.807) is 6.07 Å². The SMILES string of the molecule is Fc1ccccc1-c1ccccc1N1NC=CC1Cc1ccccc1. The Labute approximate surface area is 147 Å². The van der Waals surface area contributed by atoms with Gasteiger partial charge in [0, 0.05) is 17.3 Å². The zero-order valence-corrected chi connectivity index (χ0v) is 13.8. The average Bonchev–Trinajstić information content (AvgIpc) is 3.11. The van der Waals surface area contributed by atoms with Gasteiger partial charge in [-0.25, -0.2) is 4.39 Å². The van der Waals surface area contributed by atoms with Crippen LogP contribution in [0.5, 0.6) is 0 Å². The van der Waals surface area contributed by atoms with Crippen LogP contribution in [0.3, 0.4) is 0 Å². The number of nitrogens with zero attached hydrogens (tertiary/aromatic N) is 1. The van der Waals surface area contributed by atoms with Crippen molar-refractivity contribution >= 4 is 5.69 Å². The second-order valence-corrected chi connectivity index (χ2v) is 6.11. The van der Waals surface area contributed by atoms with E-state index in [0.717, 1.165) is 17.7 Å². The normalized spacial score (nSPS) is 16.0. The van der Waals surface area contributed by atoms with E-state index in [0.29, 0.717) is 5.56 Å². The van der Waals surface area contributed by atoms with E-state index in [9.17, 15) is 4.39 Å². The molecule has 0 aromatic heterocycles. The topological polar surface area (TPSA) is 15.3 Å². The van der Waals surface area contributed by atoms with Crippen molar-refractivity contribution in [2.75, 3.05) is 5.01 Å². The smallest absolute Gasteiger partial charge is 0.131 e. The lowest BCUT2D eigenvalue weighted by Crippen LogP contribution is -2.39. The molecular formula is C22H19FN2. The van der Waals surface area contributed by atoms with Crippen molar-refractivity contribution in [3.63, 3.8) is 0 Å². The highest BCUT2D eigenvalue weighted by molar-refractivity contribution is 5.79. The van der Waals surface area contributed by atoms with Crippen LogP contribution in [0.15, 0.2) is 91.1 Å². The Bertz CT molecular complexity index is 889. The molecule has 2 nitrogen and oxygen atoms in total. The summed E-state index contributed by atoms with van der Waals surface area (Å²) in [4.78, 5) is 0. The van der Waals surface area contributed by atoms with Crippen molar-refractivity contribution in [3.05, 3.63) is 103 Å². The molecule has 124 valence electrons. The Hall–Kier alpha value is -3.07. The summed E-state index contributed by atoms with van der Waals surface area (Å²) in [5, 5.41) is 2.11. The van der Waals surface area contributed by atoms with Crippen molar-refractivity contribution < 1.29 is 4.39 Å². The Morgan fingerprint density at radius 1 is 0.800 bits per heavy atom. The quantitative estimate of drug-likeness (QED) is 0.729. The van der Waals surface area contributed by atoms with Crippen LogP contribution >= 0.6 is 0 Å². The minimum Gasteiger partial charge on any atom is -0.305 e. The van der Waals surface area contributed by atoms with E-state index in [1.807, 2.05) is 48.7 Å². The molecule has 1 N–H and O–H groups in total. The molecule has 1 atom stereocenters. The van der Waals surface area contributed by atoms with E-state index in [4.69, 9.17) is 0 Å². The standard InChI is InChI=1S/C22H19FN2/c23-21-12-6-4-10-19(21)20-11-5-7-13-22(20)25-18(14-15-24-25)16-17-8-2-1-3-9-17/h1-15,18,24H,16H2. The Morgan fingerprint density at radius 2 is 1.48 bits per heavy atom. The molecule has 1 aliphatic heterocycles. The minimum absolute atomic E-state index is 0.176. The molecule has 3 aromatic rings. The molecule has 1 aliphatic rings. The molecule has 0 saturated heterocycles. The van der Waals surface area contributed by atoms with E-state index in [1.165, 1.54) is 11.6 Å². The van der Waals surface area contributed by atoms with E-state index in [-0.39, 0.29) is 11.9 Å². The maximum Gasteiger partial charge on any atom is 0.131 e. The maximum atomic E-state index is 14.3. The first-order chi connectivity index (χ1) is 12.3. The summed E-state index contributed by atoms with van der Waals surface area (Å²) in [6, 6.07) is 25.4. The van der Waals surface area contributed by atoms with Crippen LogP contribution in [0, 0.1) is 5.82 Å². The van der Waals surface area contributed by atoms with Gasteiger partial charge in [0.1, 0.15) is 5.82 Å². The summed E-state index contributed by atoms with van der Waals surface area (Å²) < 4.78 is 14.3. The number of hydrazine groups is 1. The number of benzene rings is 3. The molecule has 0 spiro atoms. The molecular weight excluding hydrogens is 311 g/mol. The molecule has 1 heterocycles. The second kappa shape index (κ2) is 6.81. The second-order valence-electron chi connectivity index (χ2n) is 6.11. The molecule has 1 unspecified atom stereocenters. The molecule has 0 aliphatic carbocycles. The Morgan fingerprint density at radius 3 is 2.28 bits per heavy atom. The maximum absolute atomic E-state index is 14.3. The summed E-state index contributed by atoms with van der Waals surface area (Å²) in [5.41, 5.74) is 7.05. The van der Waals surface area contributed by atoms with Crippen LogP contribution in [0.4, 0.5) is 10.1 Å². The molecule has 3 heteroatoms. The number of nitrogens with one attached hydrogen (secondary N) is 1. The molecule has 4 rings (SSSR count). The van der Waals surface area contributed by atoms with Gasteiger partial charge >= 0.3 is 0 Å². The lowest BCUT2D eigenvalue weighted by molar-refractivity contribution is 0.630. The number of anilines is 1. The van der Waals surface area contributed by atoms with E-state index >= 15 is 0 Å². The molecule has 0 amide bonds. The van der Waals surface area contributed by atoms with Gasteiger partial charge in [0.2, 0.25) is 0 Å². The van der Waals surface area contributed by atoms with Crippen molar-refractivity contribution in [2.24, 2.45) is 0 Å². The first-order valence-electron chi connectivity index (χ1n) is 8.43. The minimum atomic E-state index is -0.207. The predicted octanol–water partition coefficient (Wildman–Crippen LogP) is 4.94. The first kappa shape index (κ1) is 15.5. The lowest BCUT2D eigenvalue weighted by Gasteiger charge is -2.29. The van der Waals surface area contributed by atoms with Gasteiger partial charge in [-0.1, -0.05) is 66.7 Å². The number of hydrogen-bond acceptors (Lipinski definition) is 2. The van der Waals surface area contributed by atoms with Gasteiger partial charge in [0.05, 0.1) is 11.7 Å². The van der Waals surface area contributed by atoms with Crippen LogP contribution < -0.4 is 10.4 Å². The molecule has 0 saturated carbocycles. The number of rotatable bonds is 4. The molecule has 0 radical (unpaired) electrons. The summed E-state index contributed by atoms with van der Waals surface area (Å²) in [6.07, 6.45) is 4.98. The van der Waals surface area contributed by atoms with Gasteiger partial charge in [0.15, 0.2) is 0 Å². The first-order valence-corrected chi connectivity index (χ1v) is 8.43. The van der Waals surface area contributed by atoms with Crippen LogP contribution in [0.1, 0.15) is 5.56 Å². The Balaban J connectivity index is 1.69. The highest BCUT2D eigenvalue weighted by Gasteiger charge is 2.23. The van der Waals surface area contributed by atoms with Crippen LogP contribution in [0.2, 0.25) is 0 Å². The van der Waals surface area contributed by atoms with Gasteiger partial charge in [-0.2, -0.15) is 0 Å². The average molecular weight is 330 g/mol. The third-order valence-electron chi connectivity index (χ3n) is 4.48. The van der Waals surface area contributed by atoms with Crippen molar-refractivity contribution in [1.29, 1.82) is 0 Å². The van der Waals surface area contributed by atoms with Crippen LogP contribution in [-0.2, 0) is 6.42 Å². The summed E-state index contributed by atoms with van der Waals surface area (Å²) in [5.74, 6) is -0.207. The molecule has 0 bridgehead atoms. The fourth-order valence-corrected chi connectivity index (χ4v) is 3.27. The van der Waals surface area contributed by atoms with Crippen molar-refractivity contribution in [1.82, 2.24) is 5.43 Å². The predicted molar refractivity (Wildman–Crippen MR) is 101 cm³/mol. The van der Waals surface area contributed by atoms with Gasteiger partial charge in [-0.3, -0.25) is 5.01 Å². The monoisotopic (exact) mass is 330 g/mol. The number of halogens is 1. The van der Waals surface area contributed by atoms with Crippen molar-refractivity contribution in [2.45, 2.75) is 12.5 Å². The number of para-hydroxylation sites is 1. The van der Waals surface area contributed by atoms with Gasteiger partial charge in [0.25, 0.3) is 0 Å².